The predicted octanol–water partition coefficient (Wildman–Crippen LogP) is 0.940. The Morgan fingerprint density at radius 2 is 2.35 bits per heavy atom. The minimum Gasteiger partial charge on any atom is -0.479 e. The Kier molecular flexibility index (Phi) is 3.37. The number of hydrogen-bond acceptors (Lipinski definition) is 4. The molecule has 0 saturated heterocycles. The highest BCUT2D eigenvalue weighted by atomic mass is 16.5. The summed E-state index contributed by atoms with van der Waals surface area (Å²) in [5.41, 5.74) is 0.340. The molecule has 1 aromatic heterocycles. The number of nitrogens with one attached hydrogen (secondary N) is 1. The van der Waals surface area contributed by atoms with E-state index in [4.69, 9.17) is 4.74 Å². The number of carbonyl (C=O) groups is 2. The molecule has 0 bridgehead atoms. The first-order valence-electron chi connectivity index (χ1n) is 5.57. The van der Waals surface area contributed by atoms with E-state index < -0.39 is 6.10 Å². The monoisotopic (exact) mass is 234 g/mol. The molecule has 1 aliphatic carbocycles. The number of aromatic nitrogens is 1. The van der Waals surface area contributed by atoms with Crippen LogP contribution in [0.5, 0.6) is 5.75 Å². The molecular formula is C12H14N2O3. The SMILES string of the molecule is CC(Oc1ccc(C=O)nc1)C(=O)NC1CC1. The van der Waals surface area contributed by atoms with E-state index in [-0.39, 0.29) is 5.91 Å². The van der Waals surface area contributed by atoms with E-state index in [1.165, 1.54) is 6.20 Å². The van der Waals surface area contributed by atoms with E-state index in [1.54, 1.807) is 19.1 Å². The van der Waals surface area contributed by atoms with E-state index >= 15 is 0 Å². The van der Waals surface area contributed by atoms with Crippen LogP contribution in [0.2, 0.25) is 0 Å². The van der Waals surface area contributed by atoms with Crippen LogP contribution in [0.3, 0.4) is 0 Å². The van der Waals surface area contributed by atoms with Crippen LogP contribution in [0.1, 0.15) is 30.3 Å². The molecule has 1 N–H and O–H groups in total. The summed E-state index contributed by atoms with van der Waals surface area (Å²) in [5.74, 6) is 0.362. The zero-order valence-corrected chi connectivity index (χ0v) is 9.55. The van der Waals surface area contributed by atoms with E-state index in [9.17, 15) is 9.59 Å². The minimum absolute atomic E-state index is 0.119. The van der Waals surface area contributed by atoms with Gasteiger partial charge in [-0.1, -0.05) is 0 Å². The molecule has 1 aliphatic rings. The van der Waals surface area contributed by atoms with Gasteiger partial charge in [-0.15, -0.1) is 0 Å². The van der Waals surface area contributed by atoms with Crippen LogP contribution < -0.4 is 10.1 Å². The van der Waals surface area contributed by atoms with Gasteiger partial charge in [-0.05, 0) is 31.9 Å². The first-order chi connectivity index (χ1) is 8.19. The highest BCUT2D eigenvalue weighted by molar-refractivity contribution is 5.81. The second-order valence-electron chi connectivity index (χ2n) is 4.08. The molecule has 1 unspecified atom stereocenters. The number of rotatable bonds is 5. The molecule has 0 spiro atoms. The lowest BCUT2D eigenvalue weighted by Crippen LogP contribution is -2.37. The van der Waals surface area contributed by atoms with Crippen LogP contribution in [0.15, 0.2) is 18.3 Å². The Bertz CT molecular complexity index is 412. The number of carbonyl (C=O) groups excluding carboxylic acids is 2. The number of nitrogens with zero attached hydrogens (tertiary/aromatic N) is 1. The topological polar surface area (TPSA) is 68.3 Å². The normalized spacial score (nSPS) is 16.1. The summed E-state index contributed by atoms with van der Waals surface area (Å²) in [4.78, 5) is 25.9. The van der Waals surface area contributed by atoms with Crippen molar-refractivity contribution in [3.63, 3.8) is 0 Å². The highest BCUT2D eigenvalue weighted by Crippen LogP contribution is 2.19. The summed E-state index contributed by atoms with van der Waals surface area (Å²) in [5, 5.41) is 2.86. The van der Waals surface area contributed by atoms with Gasteiger partial charge in [-0.25, -0.2) is 4.98 Å². The molecule has 0 aliphatic heterocycles. The Labute approximate surface area is 99.2 Å². The Morgan fingerprint density at radius 1 is 1.59 bits per heavy atom. The zero-order valence-electron chi connectivity index (χ0n) is 9.55. The molecule has 2 rings (SSSR count). The third-order valence-electron chi connectivity index (χ3n) is 2.49. The first-order valence-corrected chi connectivity index (χ1v) is 5.57. The van der Waals surface area contributed by atoms with Crippen molar-refractivity contribution in [2.45, 2.75) is 31.9 Å². The minimum atomic E-state index is -0.556. The molecule has 1 aromatic rings. The van der Waals surface area contributed by atoms with Gasteiger partial charge in [-0.2, -0.15) is 0 Å². The number of pyridine rings is 1. The van der Waals surface area contributed by atoms with Crippen molar-refractivity contribution in [1.29, 1.82) is 0 Å². The molecule has 0 aromatic carbocycles. The molecule has 0 radical (unpaired) electrons. The van der Waals surface area contributed by atoms with Crippen LogP contribution in [0.4, 0.5) is 0 Å². The van der Waals surface area contributed by atoms with Gasteiger partial charge in [0.15, 0.2) is 12.4 Å². The third-order valence-corrected chi connectivity index (χ3v) is 2.49. The van der Waals surface area contributed by atoms with Gasteiger partial charge in [0.2, 0.25) is 0 Å². The lowest BCUT2D eigenvalue weighted by atomic mass is 10.3. The fourth-order valence-electron chi connectivity index (χ4n) is 1.34. The van der Waals surface area contributed by atoms with Gasteiger partial charge in [0.25, 0.3) is 5.91 Å². The summed E-state index contributed by atoms with van der Waals surface area (Å²) in [6.45, 7) is 1.69. The summed E-state index contributed by atoms with van der Waals surface area (Å²) in [7, 11) is 0. The van der Waals surface area contributed by atoms with Gasteiger partial charge < -0.3 is 10.1 Å². The Balaban J connectivity index is 1.89. The van der Waals surface area contributed by atoms with Crippen LogP contribution in [0.25, 0.3) is 0 Å². The van der Waals surface area contributed by atoms with Crippen molar-refractivity contribution in [3.8, 4) is 5.75 Å². The number of hydrogen-bond donors (Lipinski definition) is 1. The molecule has 90 valence electrons. The maximum absolute atomic E-state index is 11.6. The molecule has 1 fully saturated rings. The van der Waals surface area contributed by atoms with Gasteiger partial charge in [0.05, 0.1) is 6.20 Å². The summed E-state index contributed by atoms with van der Waals surface area (Å²) >= 11 is 0. The van der Waals surface area contributed by atoms with E-state index in [0.717, 1.165) is 12.8 Å². The second kappa shape index (κ2) is 4.95. The van der Waals surface area contributed by atoms with Crippen molar-refractivity contribution in [1.82, 2.24) is 10.3 Å². The quantitative estimate of drug-likeness (QED) is 0.770. The predicted molar refractivity (Wildman–Crippen MR) is 60.9 cm³/mol. The van der Waals surface area contributed by atoms with E-state index in [1.807, 2.05) is 0 Å². The second-order valence-corrected chi connectivity index (χ2v) is 4.08. The summed E-state index contributed by atoms with van der Waals surface area (Å²) < 4.78 is 5.41. The fourth-order valence-corrected chi connectivity index (χ4v) is 1.34. The number of ether oxygens (including phenoxy) is 1. The standard InChI is InChI=1S/C12H14N2O3/c1-8(12(16)14-9-2-3-9)17-11-5-4-10(7-15)13-6-11/h4-9H,2-3H2,1H3,(H,14,16). The highest BCUT2D eigenvalue weighted by Gasteiger charge is 2.26. The molecule has 17 heavy (non-hydrogen) atoms. The van der Waals surface area contributed by atoms with Crippen molar-refractivity contribution in [2.75, 3.05) is 0 Å². The van der Waals surface area contributed by atoms with Crippen LogP contribution in [0, 0.1) is 0 Å². The van der Waals surface area contributed by atoms with Gasteiger partial charge in [0.1, 0.15) is 11.4 Å². The molecule has 1 saturated carbocycles. The smallest absolute Gasteiger partial charge is 0.260 e. The van der Waals surface area contributed by atoms with E-state index in [0.29, 0.717) is 23.8 Å². The summed E-state index contributed by atoms with van der Waals surface area (Å²) in [6.07, 6.45) is 3.64. The van der Waals surface area contributed by atoms with Gasteiger partial charge >= 0.3 is 0 Å². The molecule has 1 heterocycles. The Morgan fingerprint density at radius 3 is 2.88 bits per heavy atom. The first kappa shape index (κ1) is 11.6. The van der Waals surface area contributed by atoms with Crippen LogP contribution in [-0.2, 0) is 4.79 Å². The molecule has 5 nitrogen and oxygen atoms in total. The van der Waals surface area contributed by atoms with E-state index in [2.05, 4.69) is 10.3 Å². The fraction of sp³-hybridized carbons (Fsp3) is 0.417. The van der Waals surface area contributed by atoms with Crippen molar-refractivity contribution >= 4 is 12.2 Å². The average Bonchev–Trinajstić information content (AvgIpc) is 3.14. The van der Waals surface area contributed by atoms with Crippen molar-refractivity contribution in [3.05, 3.63) is 24.0 Å². The average molecular weight is 234 g/mol. The lowest BCUT2D eigenvalue weighted by Gasteiger charge is -2.14. The van der Waals surface area contributed by atoms with Crippen molar-refractivity contribution in [2.24, 2.45) is 0 Å². The lowest BCUT2D eigenvalue weighted by molar-refractivity contribution is -0.127. The summed E-state index contributed by atoms with van der Waals surface area (Å²) in [6, 6.07) is 3.50. The maximum Gasteiger partial charge on any atom is 0.260 e. The third kappa shape index (κ3) is 3.27. The van der Waals surface area contributed by atoms with Crippen LogP contribution >= 0.6 is 0 Å². The molecule has 5 heteroatoms. The number of amides is 1. The maximum atomic E-state index is 11.6. The zero-order chi connectivity index (χ0) is 12.3. The van der Waals surface area contributed by atoms with Gasteiger partial charge in [-0.3, -0.25) is 9.59 Å². The Hall–Kier alpha value is -1.91. The largest absolute Gasteiger partial charge is 0.479 e. The van der Waals surface area contributed by atoms with Gasteiger partial charge in [0, 0.05) is 6.04 Å². The molecule has 1 atom stereocenters. The van der Waals surface area contributed by atoms with Crippen LogP contribution in [-0.4, -0.2) is 29.3 Å². The van der Waals surface area contributed by atoms with Crippen molar-refractivity contribution < 1.29 is 14.3 Å². The number of aldehydes is 1. The molecular weight excluding hydrogens is 220 g/mol. The molecule has 1 amide bonds.